The van der Waals surface area contributed by atoms with E-state index in [1.54, 1.807) is 6.07 Å². The van der Waals surface area contributed by atoms with Gasteiger partial charge in [-0.25, -0.2) is 8.78 Å². The summed E-state index contributed by atoms with van der Waals surface area (Å²) >= 11 is 13.0. The fourth-order valence-corrected chi connectivity index (χ4v) is 2.92. The molecule has 1 rings (SSSR count). The maximum atomic E-state index is 12.8. The molecule has 0 saturated heterocycles. The molecule has 108 valence electrons. The van der Waals surface area contributed by atoms with Crippen molar-refractivity contribution in [2.75, 3.05) is 13.1 Å². The van der Waals surface area contributed by atoms with Crippen LogP contribution >= 0.6 is 34.5 Å². The van der Waals surface area contributed by atoms with E-state index in [1.165, 1.54) is 11.3 Å². The quantitative estimate of drug-likeness (QED) is 0.807. The maximum absolute atomic E-state index is 12.8. The minimum atomic E-state index is -3.06. The number of nitrogens with one attached hydrogen (secondary N) is 1. The van der Waals surface area contributed by atoms with Crippen LogP contribution in [0.5, 0.6) is 0 Å². The first-order valence-corrected chi connectivity index (χ1v) is 7.19. The molecule has 0 radical (unpaired) electrons. The monoisotopic (exact) mass is 330 g/mol. The van der Waals surface area contributed by atoms with Crippen LogP contribution in [0.3, 0.4) is 0 Å². The zero-order valence-corrected chi connectivity index (χ0v) is 12.3. The van der Waals surface area contributed by atoms with E-state index in [4.69, 9.17) is 28.9 Å². The van der Waals surface area contributed by atoms with Gasteiger partial charge in [-0.2, -0.15) is 0 Å². The molecule has 0 fully saturated rings. The number of halogens is 4. The van der Waals surface area contributed by atoms with Crippen LogP contribution in [0.1, 0.15) is 18.4 Å². The fourth-order valence-electron chi connectivity index (χ4n) is 1.37. The normalized spacial score (nSPS) is 11.6. The van der Waals surface area contributed by atoms with Crippen LogP contribution in [-0.2, 0) is 11.2 Å². The number of amides is 1. The second-order valence-electron chi connectivity index (χ2n) is 4.04. The molecule has 0 spiro atoms. The van der Waals surface area contributed by atoms with E-state index in [-0.39, 0.29) is 6.42 Å². The zero-order valence-electron chi connectivity index (χ0n) is 10.0. The summed E-state index contributed by atoms with van der Waals surface area (Å²) in [6, 6.07) is 1.75. The standard InChI is InChI=1S/C11H14Cl2F2N2OS/c12-8-4-7(10(13)19-8)2-1-3-9(18)17-6-11(14,15)5-16/h4H,1-3,5-6,16H2,(H,17,18). The summed E-state index contributed by atoms with van der Waals surface area (Å²) in [5.74, 6) is -3.48. The third kappa shape index (κ3) is 6.03. The van der Waals surface area contributed by atoms with Gasteiger partial charge in [-0.05, 0) is 24.5 Å². The summed E-state index contributed by atoms with van der Waals surface area (Å²) in [4.78, 5) is 11.3. The van der Waals surface area contributed by atoms with Crippen molar-refractivity contribution < 1.29 is 13.6 Å². The lowest BCUT2D eigenvalue weighted by Gasteiger charge is -2.14. The van der Waals surface area contributed by atoms with Crippen LogP contribution in [0.4, 0.5) is 8.78 Å². The number of aryl methyl sites for hydroxylation is 1. The summed E-state index contributed by atoms with van der Waals surface area (Å²) in [7, 11) is 0. The predicted molar refractivity (Wildman–Crippen MR) is 74.3 cm³/mol. The Labute approximate surface area is 124 Å². The predicted octanol–water partition coefficient (Wildman–Crippen LogP) is 3.09. The van der Waals surface area contributed by atoms with Gasteiger partial charge in [0.1, 0.15) is 0 Å². The summed E-state index contributed by atoms with van der Waals surface area (Å²) in [5, 5.41) is 2.15. The lowest BCUT2D eigenvalue weighted by molar-refractivity contribution is -0.122. The molecule has 0 saturated carbocycles. The maximum Gasteiger partial charge on any atom is 0.277 e. The first kappa shape index (κ1) is 16.6. The van der Waals surface area contributed by atoms with Crippen molar-refractivity contribution in [3.63, 3.8) is 0 Å². The minimum Gasteiger partial charge on any atom is -0.350 e. The Morgan fingerprint density at radius 1 is 1.47 bits per heavy atom. The Morgan fingerprint density at radius 2 is 2.16 bits per heavy atom. The van der Waals surface area contributed by atoms with Crippen LogP contribution in [0.25, 0.3) is 0 Å². The highest BCUT2D eigenvalue weighted by Crippen LogP contribution is 2.31. The number of rotatable bonds is 7. The number of nitrogens with two attached hydrogens (primary N) is 1. The molecular weight excluding hydrogens is 317 g/mol. The topological polar surface area (TPSA) is 55.1 Å². The molecule has 19 heavy (non-hydrogen) atoms. The van der Waals surface area contributed by atoms with E-state index < -0.39 is 24.9 Å². The number of thiophene rings is 1. The molecule has 1 amide bonds. The van der Waals surface area contributed by atoms with Gasteiger partial charge in [0.2, 0.25) is 5.91 Å². The van der Waals surface area contributed by atoms with Gasteiger partial charge in [0.25, 0.3) is 5.92 Å². The van der Waals surface area contributed by atoms with Gasteiger partial charge >= 0.3 is 0 Å². The van der Waals surface area contributed by atoms with Crippen molar-refractivity contribution >= 4 is 40.4 Å². The smallest absolute Gasteiger partial charge is 0.277 e. The summed E-state index contributed by atoms with van der Waals surface area (Å²) in [6.07, 6.45) is 1.26. The molecule has 0 bridgehead atoms. The van der Waals surface area contributed by atoms with Crippen molar-refractivity contribution in [1.29, 1.82) is 0 Å². The van der Waals surface area contributed by atoms with E-state index in [2.05, 4.69) is 5.32 Å². The summed E-state index contributed by atoms with van der Waals surface area (Å²) in [6.45, 7) is -1.51. The van der Waals surface area contributed by atoms with Crippen LogP contribution in [-0.4, -0.2) is 24.9 Å². The van der Waals surface area contributed by atoms with Crippen molar-refractivity contribution in [3.05, 3.63) is 20.3 Å². The highest BCUT2D eigenvalue weighted by Gasteiger charge is 2.26. The first-order chi connectivity index (χ1) is 8.84. The van der Waals surface area contributed by atoms with Crippen LogP contribution in [0.2, 0.25) is 8.67 Å². The highest BCUT2D eigenvalue weighted by molar-refractivity contribution is 7.20. The van der Waals surface area contributed by atoms with Gasteiger partial charge in [0.05, 0.1) is 21.8 Å². The average Bonchev–Trinajstić information content (AvgIpc) is 2.66. The average molecular weight is 331 g/mol. The lowest BCUT2D eigenvalue weighted by atomic mass is 10.1. The van der Waals surface area contributed by atoms with Crippen molar-refractivity contribution in [2.24, 2.45) is 5.73 Å². The first-order valence-electron chi connectivity index (χ1n) is 5.62. The molecule has 0 unspecified atom stereocenters. The number of carbonyl (C=O) groups excluding carboxylic acids is 1. The summed E-state index contributed by atoms with van der Waals surface area (Å²) in [5.41, 5.74) is 5.73. The van der Waals surface area contributed by atoms with E-state index in [0.717, 1.165) is 5.56 Å². The zero-order chi connectivity index (χ0) is 14.5. The van der Waals surface area contributed by atoms with Gasteiger partial charge in [-0.3, -0.25) is 4.79 Å². The fraction of sp³-hybridized carbons (Fsp3) is 0.545. The Hall–Kier alpha value is -0.430. The van der Waals surface area contributed by atoms with Gasteiger partial charge < -0.3 is 11.1 Å². The molecule has 0 aliphatic carbocycles. The second kappa shape index (κ2) is 7.38. The van der Waals surface area contributed by atoms with Gasteiger partial charge in [0.15, 0.2) is 0 Å². The number of alkyl halides is 2. The highest BCUT2D eigenvalue weighted by atomic mass is 35.5. The van der Waals surface area contributed by atoms with Crippen molar-refractivity contribution in [1.82, 2.24) is 5.32 Å². The summed E-state index contributed by atoms with van der Waals surface area (Å²) < 4.78 is 26.8. The number of hydrogen-bond acceptors (Lipinski definition) is 3. The Morgan fingerprint density at radius 3 is 2.68 bits per heavy atom. The van der Waals surface area contributed by atoms with Crippen LogP contribution < -0.4 is 11.1 Å². The van der Waals surface area contributed by atoms with Crippen LogP contribution in [0, 0.1) is 0 Å². The van der Waals surface area contributed by atoms with Crippen LogP contribution in [0.15, 0.2) is 6.07 Å². The van der Waals surface area contributed by atoms with Crippen molar-refractivity contribution in [3.8, 4) is 0 Å². The van der Waals surface area contributed by atoms with E-state index in [0.29, 0.717) is 21.5 Å². The van der Waals surface area contributed by atoms with Gasteiger partial charge in [-0.15, -0.1) is 11.3 Å². The second-order valence-corrected chi connectivity index (χ2v) is 6.33. The Kier molecular flexibility index (Phi) is 6.46. The Balaban J connectivity index is 2.26. The molecule has 1 heterocycles. The molecule has 1 aromatic rings. The molecule has 3 nitrogen and oxygen atoms in total. The third-order valence-electron chi connectivity index (χ3n) is 2.42. The molecule has 0 aliphatic heterocycles. The molecule has 3 N–H and O–H groups in total. The molecular formula is C11H14Cl2F2N2OS. The van der Waals surface area contributed by atoms with E-state index in [9.17, 15) is 13.6 Å². The van der Waals surface area contributed by atoms with Crippen molar-refractivity contribution in [2.45, 2.75) is 25.2 Å². The minimum absolute atomic E-state index is 0.157. The lowest BCUT2D eigenvalue weighted by Crippen LogP contribution is -2.41. The number of hydrogen-bond donors (Lipinski definition) is 2. The Bertz CT molecular complexity index is 440. The largest absolute Gasteiger partial charge is 0.350 e. The SMILES string of the molecule is NCC(F)(F)CNC(=O)CCCc1cc(Cl)sc1Cl. The molecule has 8 heteroatoms. The van der Waals surface area contributed by atoms with Gasteiger partial charge in [-0.1, -0.05) is 23.2 Å². The molecule has 0 aliphatic rings. The van der Waals surface area contributed by atoms with E-state index in [1.807, 2.05) is 0 Å². The van der Waals surface area contributed by atoms with E-state index >= 15 is 0 Å². The number of carbonyl (C=O) groups is 1. The molecule has 0 atom stereocenters. The van der Waals surface area contributed by atoms with Gasteiger partial charge in [0, 0.05) is 6.42 Å². The third-order valence-corrected chi connectivity index (χ3v) is 3.99. The molecule has 1 aromatic heterocycles. The molecule has 0 aromatic carbocycles.